The van der Waals surface area contributed by atoms with Gasteiger partial charge in [0.25, 0.3) is 5.91 Å². The molecular weight excluding hydrogens is 262 g/mol. The van der Waals surface area contributed by atoms with Crippen LogP contribution in [0.4, 0.5) is 8.78 Å². The van der Waals surface area contributed by atoms with Gasteiger partial charge in [-0.1, -0.05) is 25.3 Å². The quantitative estimate of drug-likeness (QED) is 0.923. The van der Waals surface area contributed by atoms with Gasteiger partial charge in [0.15, 0.2) is 11.6 Å². The number of hydrogen-bond donors (Lipinski definition) is 1. The molecule has 110 valence electrons. The molecule has 5 heteroatoms. The lowest BCUT2D eigenvalue weighted by molar-refractivity contribution is 0.0635. The van der Waals surface area contributed by atoms with Crippen molar-refractivity contribution in [1.82, 2.24) is 4.90 Å². The van der Waals surface area contributed by atoms with E-state index in [-0.39, 0.29) is 11.6 Å². The number of hydrogen-bond acceptors (Lipinski definition) is 2. The molecule has 1 amide bonds. The number of nitrogens with zero attached hydrogens (tertiary/aromatic N) is 1. The van der Waals surface area contributed by atoms with Gasteiger partial charge in [-0.3, -0.25) is 4.79 Å². The molecule has 1 aliphatic rings. The predicted octanol–water partition coefficient (Wildman–Crippen LogP) is 2.70. The Labute approximate surface area is 117 Å². The standard InChI is InChI=1S/C15H20F2N2O/c16-13-8-4-7-12(14(13)17)15(20)19(10-9-18)11-5-2-1-3-6-11/h4,7-8,11H,1-3,5-6,9-10,18H2. The Morgan fingerprint density at radius 1 is 1.25 bits per heavy atom. The maximum Gasteiger partial charge on any atom is 0.257 e. The summed E-state index contributed by atoms with van der Waals surface area (Å²) in [5, 5.41) is 0. The number of benzene rings is 1. The van der Waals surface area contributed by atoms with Crippen LogP contribution in [-0.4, -0.2) is 29.9 Å². The Morgan fingerprint density at radius 3 is 2.60 bits per heavy atom. The zero-order valence-corrected chi connectivity index (χ0v) is 11.4. The normalized spacial score (nSPS) is 16.1. The lowest BCUT2D eigenvalue weighted by Gasteiger charge is -2.34. The maximum absolute atomic E-state index is 13.8. The zero-order valence-electron chi connectivity index (χ0n) is 11.4. The number of carbonyl (C=O) groups excluding carboxylic acids is 1. The molecule has 2 rings (SSSR count). The van der Waals surface area contributed by atoms with Gasteiger partial charge >= 0.3 is 0 Å². The second-order valence-corrected chi connectivity index (χ2v) is 5.18. The Bertz CT molecular complexity index is 473. The molecule has 1 aromatic carbocycles. The SMILES string of the molecule is NCCN(C(=O)c1cccc(F)c1F)C1CCCCC1. The van der Waals surface area contributed by atoms with Crippen molar-refractivity contribution < 1.29 is 13.6 Å². The van der Waals surface area contributed by atoms with E-state index in [1.165, 1.54) is 12.1 Å². The fourth-order valence-electron chi connectivity index (χ4n) is 2.81. The van der Waals surface area contributed by atoms with Crippen molar-refractivity contribution in [2.24, 2.45) is 5.73 Å². The molecule has 1 aromatic rings. The highest BCUT2D eigenvalue weighted by molar-refractivity contribution is 5.94. The summed E-state index contributed by atoms with van der Waals surface area (Å²) in [6.45, 7) is 0.693. The van der Waals surface area contributed by atoms with Gasteiger partial charge in [0.1, 0.15) is 0 Å². The van der Waals surface area contributed by atoms with Gasteiger partial charge in [0.2, 0.25) is 0 Å². The Kier molecular flexibility index (Phi) is 5.06. The molecule has 20 heavy (non-hydrogen) atoms. The van der Waals surface area contributed by atoms with Gasteiger partial charge in [0, 0.05) is 19.1 Å². The molecule has 1 aliphatic carbocycles. The third-order valence-corrected chi connectivity index (χ3v) is 3.83. The molecule has 2 N–H and O–H groups in total. The number of nitrogens with two attached hydrogens (primary N) is 1. The lowest BCUT2D eigenvalue weighted by atomic mass is 9.93. The first-order valence-corrected chi connectivity index (χ1v) is 7.10. The molecule has 0 atom stereocenters. The van der Waals surface area contributed by atoms with Crippen LogP contribution in [0.15, 0.2) is 18.2 Å². The van der Waals surface area contributed by atoms with Crippen LogP contribution in [0, 0.1) is 11.6 Å². The maximum atomic E-state index is 13.8. The summed E-state index contributed by atoms with van der Waals surface area (Å²) in [7, 11) is 0. The lowest BCUT2D eigenvalue weighted by Crippen LogP contribution is -2.44. The average molecular weight is 282 g/mol. The zero-order chi connectivity index (χ0) is 14.5. The molecule has 0 aliphatic heterocycles. The van der Waals surface area contributed by atoms with Crippen LogP contribution in [0.2, 0.25) is 0 Å². The van der Waals surface area contributed by atoms with Crippen molar-refractivity contribution in [3.63, 3.8) is 0 Å². The van der Waals surface area contributed by atoms with Gasteiger partial charge in [-0.25, -0.2) is 8.78 Å². The summed E-state index contributed by atoms with van der Waals surface area (Å²) in [6.07, 6.45) is 5.09. The van der Waals surface area contributed by atoms with Crippen molar-refractivity contribution in [1.29, 1.82) is 0 Å². The van der Waals surface area contributed by atoms with E-state index in [4.69, 9.17) is 5.73 Å². The van der Waals surface area contributed by atoms with Crippen molar-refractivity contribution in [2.75, 3.05) is 13.1 Å². The number of rotatable bonds is 4. The van der Waals surface area contributed by atoms with Crippen LogP contribution >= 0.6 is 0 Å². The monoisotopic (exact) mass is 282 g/mol. The average Bonchev–Trinajstić information content (AvgIpc) is 2.48. The van der Waals surface area contributed by atoms with Gasteiger partial charge in [-0.2, -0.15) is 0 Å². The minimum atomic E-state index is -1.07. The fraction of sp³-hybridized carbons (Fsp3) is 0.533. The second kappa shape index (κ2) is 6.79. The topological polar surface area (TPSA) is 46.3 Å². The summed E-state index contributed by atoms with van der Waals surface area (Å²) in [4.78, 5) is 14.1. The fourth-order valence-corrected chi connectivity index (χ4v) is 2.81. The summed E-state index contributed by atoms with van der Waals surface area (Å²) < 4.78 is 27.0. The Balaban J connectivity index is 2.23. The molecule has 0 saturated heterocycles. The first-order chi connectivity index (χ1) is 9.65. The molecular formula is C15H20F2N2O. The van der Waals surface area contributed by atoms with Crippen LogP contribution in [0.25, 0.3) is 0 Å². The number of carbonyl (C=O) groups is 1. The first kappa shape index (κ1) is 14.9. The molecule has 0 unspecified atom stereocenters. The van der Waals surface area contributed by atoms with E-state index in [0.717, 1.165) is 38.2 Å². The largest absolute Gasteiger partial charge is 0.334 e. The van der Waals surface area contributed by atoms with Gasteiger partial charge in [0.05, 0.1) is 5.56 Å². The predicted molar refractivity (Wildman–Crippen MR) is 73.3 cm³/mol. The summed E-state index contributed by atoms with van der Waals surface area (Å²) in [5.74, 6) is -2.53. The molecule has 3 nitrogen and oxygen atoms in total. The van der Waals surface area contributed by atoms with E-state index in [1.54, 1.807) is 4.90 Å². The van der Waals surface area contributed by atoms with Crippen molar-refractivity contribution in [2.45, 2.75) is 38.1 Å². The van der Waals surface area contributed by atoms with Crippen LogP contribution < -0.4 is 5.73 Å². The van der Waals surface area contributed by atoms with Crippen molar-refractivity contribution in [3.8, 4) is 0 Å². The molecule has 0 aromatic heterocycles. The summed E-state index contributed by atoms with van der Waals surface area (Å²) >= 11 is 0. The van der Waals surface area contributed by atoms with Crippen LogP contribution in [-0.2, 0) is 0 Å². The van der Waals surface area contributed by atoms with Gasteiger partial charge < -0.3 is 10.6 Å². The summed E-state index contributed by atoms with van der Waals surface area (Å²) in [6, 6.07) is 3.78. The van der Waals surface area contributed by atoms with E-state index in [1.807, 2.05) is 0 Å². The van der Waals surface area contributed by atoms with Crippen LogP contribution in [0.1, 0.15) is 42.5 Å². The summed E-state index contributed by atoms with van der Waals surface area (Å²) in [5.41, 5.74) is 5.35. The van der Waals surface area contributed by atoms with Crippen molar-refractivity contribution in [3.05, 3.63) is 35.4 Å². The second-order valence-electron chi connectivity index (χ2n) is 5.18. The van der Waals surface area contributed by atoms with E-state index in [9.17, 15) is 13.6 Å². The molecule has 0 spiro atoms. The van der Waals surface area contributed by atoms with E-state index in [2.05, 4.69) is 0 Å². The third kappa shape index (κ3) is 3.15. The third-order valence-electron chi connectivity index (χ3n) is 3.83. The highest BCUT2D eigenvalue weighted by atomic mass is 19.2. The van der Waals surface area contributed by atoms with Crippen molar-refractivity contribution >= 4 is 5.91 Å². The minimum absolute atomic E-state index is 0.0856. The van der Waals surface area contributed by atoms with Gasteiger partial charge in [-0.15, -0.1) is 0 Å². The molecule has 1 saturated carbocycles. The minimum Gasteiger partial charge on any atom is -0.334 e. The van der Waals surface area contributed by atoms with Gasteiger partial charge in [-0.05, 0) is 25.0 Å². The number of amides is 1. The first-order valence-electron chi connectivity index (χ1n) is 7.10. The molecule has 0 radical (unpaired) electrons. The van der Waals surface area contributed by atoms with E-state index >= 15 is 0 Å². The highest BCUT2D eigenvalue weighted by Crippen LogP contribution is 2.24. The van der Waals surface area contributed by atoms with Crippen LogP contribution in [0.3, 0.4) is 0 Å². The molecule has 1 fully saturated rings. The van der Waals surface area contributed by atoms with E-state index < -0.39 is 17.5 Å². The van der Waals surface area contributed by atoms with Crippen LogP contribution in [0.5, 0.6) is 0 Å². The molecule has 0 bridgehead atoms. The highest BCUT2D eigenvalue weighted by Gasteiger charge is 2.27. The Hall–Kier alpha value is -1.49. The van der Waals surface area contributed by atoms with E-state index in [0.29, 0.717) is 13.1 Å². The Morgan fingerprint density at radius 2 is 1.95 bits per heavy atom. The molecule has 0 heterocycles. The smallest absolute Gasteiger partial charge is 0.257 e. The number of halogens is 2.